The van der Waals surface area contributed by atoms with Gasteiger partial charge in [-0.3, -0.25) is 0 Å². The number of alkyl halides is 12. The van der Waals surface area contributed by atoms with Crippen LogP contribution >= 0.6 is 17.0 Å². The molecule has 0 heterocycles. The molecule has 0 unspecified atom stereocenters. The van der Waals surface area contributed by atoms with E-state index in [4.69, 9.17) is 17.0 Å². The molecule has 0 spiro atoms. The average Bonchev–Trinajstić information content (AvgIpc) is 3.43. The second kappa shape index (κ2) is 14.6. The Hall–Kier alpha value is -1.50. The molecular formula is C24H16Cl2F12SiZr. The summed E-state index contributed by atoms with van der Waals surface area (Å²) in [5, 5.41) is -0.973. The fraction of sp³-hybridized carbons (Fsp3) is 0.250. The molecule has 218 valence electrons. The Labute approximate surface area is 241 Å². The van der Waals surface area contributed by atoms with E-state index < -0.39 is 78.6 Å². The molecule has 0 aliphatic heterocycles. The van der Waals surface area contributed by atoms with Crippen LogP contribution in [0.25, 0.3) is 21.5 Å². The number of hydrogen-bond acceptors (Lipinski definition) is 0. The zero-order valence-corrected chi connectivity index (χ0v) is 25.0. The average molecular weight is 723 g/mol. The third-order valence-electron chi connectivity index (χ3n) is 4.77. The van der Waals surface area contributed by atoms with Gasteiger partial charge in [-0.2, -0.15) is 64.8 Å². The maximum atomic E-state index is 12.5. The molecule has 0 amide bonds. The minimum absolute atomic E-state index is 0.0628. The topological polar surface area (TPSA) is 0 Å². The first-order valence-electron chi connectivity index (χ1n) is 10.4. The Morgan fingerprint density at radius 1 is 0.575 bits per heavy atom. The van der Waals surface area contributed by atoms with Gasteiger partial charge in [0.25, 0.3) is 0 Å². The van der Waals surface area contributed by atoms with Gasteiger partial charge in [-0.1, -0.05) is 25.2 Å². The number of rotatable bonds is 0. The van der Waals surface area contributed by atoms with Gasteiger partial charge in [-0.25, -0.2) is 0 Å². The summed E-state index contributed by atoms with van der Waals surface area (Å²) in [6.07, 6.45) is -18.6. The number of benzene rings is 2. The van der Waals surface area contributed by atoms with Crippen molar-refractivity contribution in [3.8, 4) is 0 Å². The SMILES string of the molecule is C[Si]C.FC(F)(F)c1cc2c(C(F)(F)F)cccc2[cH-]1.FC(F)(F)c1cc2c(C(F)(F)F)cccc2[cH-]1.[Cl][Zr+2][Cl]. The van der Waals surface area contributed by atoms with Crippen molar-refractivity contribution in [3.05, 3.63) is 82.9 Å². The third-order valence-corrected chi connectivity index (χ3v) is 4.77. The molecule has 2 radical (unpaired) electrons. The summed E-state index contributed by atoms with van der Waals surface area (Å²) in [6, 6.07) is 8.63. The van der Waals surface area contributed by atoms with E-state index in [1.807, 2.05) is 0 Å². The third kappa shape index (κ3) is 10.4. The summed E-state index contributed by atoms with van der Waals surface area (Å²) in [5.74, 6) is 0. The number of halogens is 14. The van der Waals surface area contributed by atoms with Crippen LogP contribution in [0.15, 0.2) is 60.7 Å². The van der Waals surface area contributed by atoms with Crippen molar-refractivity contribution >= 4 is 48.1 Å². The normalized spacial score (nSPS) is 12.0. The first kappa shape index (κ1) is 36.5. The van der Waals surface area contributed by atoms with Gasteiger partial charge in [0.05, 0.1) is 0 Å². The van der Waals surface area contributed by atoms with E-state index in [2.05, 4.69) is 13.1 Å². The molecule has 16 heteroatoms. The van der Waals surface area contributed by atoms with E-state index in [-0.39, 0.29) is 10.8 Å². The van der Waals surface area contributed by atoms with Gasteiger partial charge in [-0.15, -0.1) is 57.9 Å². The van der Waals surface area contributed by atoms with Crippen LogP contribution in [0.1, 0.15) is 22.3 Å². The van der Waals surface area contributed by atoms with Gasteiger partial charge < -0.3 is 0 Å². The van der Waals surface area contributed by atoms with Gasteiger partial charge >= 0.3 is 62.6 Å². The number of fused-ring (bicyclic) bond motifs is 2. The monoisotopic (exact) mass is 720 g/mol. The molecule has 4 aromatic rings. The zero-order chi connectivity index (χ0) is 31.1. The van der Waals surface area contributed by atoms with Crippen LogP contribution < -0.4 is 0 Å². The van der Waals surface area contributed by atoms with Crippen molar-refractivity contribution in [3.63, 3.8) is 0 Å². The Bertz CT molecular complexity index is 1240. The quantitative estimate of drug-likeness (QED) is 0.0963. The molecule has 0 aliphatic rings. The molecule has 0 fully saturated rings. The molecule has 40 heavy (non-hydrogen) atoms. The second-order valence-electron chi connectivity index (χ2n) is 7.67. The van der Waals surface area contributed by atoms with E-state index in [1.165, 1.54) is 12.1 Å². The summed E-state index contributed by atoms with van der Waals surface area (Å²) >= 11 is -0.826. The Morgan fingerprint density at radius 2 is 0.850 bits per heavy atom. The molecule has 0 atom stereocenters. The molecule has 0 N–H and O–H groups in total. The van der Waals surface area contributed by atoms with Crippen LogP contribution in [0.3, 0.4) is 0 Å². The van der Waals surface area contributed by atoms with E-state index in [1.54, 1.807) is 0 Å². The van der Waals surface area contributed by atoms with Crippen LogP contribution in [0.5, 0.6) is 0 Å². The minimum atomic E-state index is -4.66. The Balaban J connectivity index is 0.000000335. The van der Waals surface area contributed by atoms with Crippen molar-refractivity contribution in [2.45, 2.75) is 37.8 Å². The van der Waals surface area contributed by atoms with Gasteiger partial charge in [0, 0.05) is 20.6 Å². The van der Waals surface area contributed by atoms with Gasteiger partial charge in [0.1, 0.15) is 0 Å². The van der Waals surface area contributed by atoms with E-state index in [0.29, 0.717) is 24.3 Å². The summed E-state index contributed by atoms with van der Waals surface area (Å²) in [5.41, 5.74) is -4.23. The maximum absolute atomic E-state index is 12.5. The van der Waals surface area contributed by atoms with E-state index >= 15 is 0 Å². The Kier molecular flexibility index (Phi) is 13.3. The number of hydrogen-bond donors (Lipinski definition) is 0. The molecule has 0 aromatic heterocycles. The standard InChI is InChI=1S/2C11H5F6.C2H6Si.2ClH.Zr/c2*12-10(13,14)7-4-6-2-1-3-9(8(6)5-7)11(15,16)17;1-3-2;;;/h2*1-5H;1-2H3;2*1H;/q2*-1;;;;+4/p-2. The van der Waals surface area contributed by atoms with Crippen molar-refractivity contribution < 1.29 is 73.5 Å². The molecule has 0 bridgehead atoms. The predicted octanol–water partition coefficient (Wildman–Crippen LogP) is 11.4. The van der Waals surface area contributed by atoms with Gasteiger partial charge in [-0.05, 0) is 11.1 Å². The Morgan fingerprint density at radius 3 is 1.07 bits per heavy atom. The van der Waals surface area contributed by atoms with Crippen molar-refractivity contribution in [2.24, 2.45) is 0 Å². The van der Waals surface area contributed by atoms with Crippen LogP contribution in [0.4, 0.5) is 52.7 Å². The molecule has 4 rings (SSSR count). The molecular weight excluding hydrogens is 706 g/mol. The van der Waals surface area contributed by atoms with E-state index in [9.17, 15) is 52.7 Å². The predicted molar refractivity (Wildman–Crippen MR) is 128 cm³/mol. The summed E-state index contributed by atoms with van der Waals surface area (Å²) < 4.78 is 149. The van der Waals surface area contributed by atoms with Crippen LogP contribution in [0, 0.1) is 0 Å². The van der Waals surface area contributed by atoms with Crippen LogP contribution in [0.2, 0.25) is 13.1 Å². The fourth-order valence-electron chi connectivity index (χ4n) is 3.29. The molecule has 0 saturated heterocycles. The van der Waals surface area contributed by atoms with Crippen LogP contribution in [-0.2, 0) is 45.6 Å². The summed E-state index contributed by atoms with van der Waals surface area (Å²) in [6.45, 7) is 4.31. The van der Waals surface area contributed by atoms with Crippen molar-refractivity contribution in [1.29, 1.82) is 0 Å². The van der Waals surface area contributed by atoms with E-state index in [0.717, 1.165) is 33.8 Å². The van der Waals surface area contributed by atoms with Gasteiger partial charge in [0.2, 0.25) is 0 Å². The summed E-state index contributed by atoms with van der Waals surface area (Å²) in [4.78, 5) is 0. The fourth-order valence-corrected chi connectivity index (χ4v) is 3.29. The van der Waals surface area contributed by atoms with Crippen molar-refractivity contribution in [2.75, 3.05) is 0 Å². The van der Waals surface area contributed by atoms with Crippen molar-refractivity contribution in [1.82, 2.24) is 0 Å². The van der Waals surface area contributed by atoms with Crippen LogP contribution in [-0.4, -0.2) is 9.52 Å². The zero-order valence-electron chi connectivity index (χ0n) is 20.1. The van der Waals surface area contributed by atoms with Gasteiger partial charge in [0.15, 0.2) is 0 Å². The first-order valence-corrected chi connectivity index (χ1v) is 18.8. The molecule has 0 nitrogen and oxygen atoms in total. The molecule has 4 aromatic carbocycles. The molecule has 0 saturated carbocycles. The first-order chi connectivity index (χ1) is 18.2. The summed E-state index contributed by atoms with van der Waals surface area (Å²) in [7, 11) is 11.0. The second-order valence-corrected chi connectivity index (χ2v) is 12.4. The molecule has 0 aliphatic carbocycles.